The molecule has 3 heterocycles. The van der Waals surface area contributed by atoms with Crippen LogP contribution >= 0.6 is 0 Å². The highest BCUT2D eigenvalue weighted by Crippen LogP contribution is 2.32. The number of fused-ring (bicyclic) bond motifs is 1. The molecule has 1 fully saturated rings. The maximum Gasteiger partial charge on any atom is 0.247 e. The number of aromatic nitrogens is 3. The fourth-order valence-corrected chi connectivity index (χ4v) is 4.02. The topological polar surface area (TPSA) is 104 Å². The number of anilines is 4. The third-order valence-corrected chi connectivity index (χ3v) is 5.74. The first-order chi connectivity index (χ1) is 17.1. The second kappa shape index (κ2) is 9.86. The van der Waals surface area contributed by atoms with Gasteiger partial charge in [-0.1, -0.05) is 18.7 Å². The largest absolute Gasteiger partial charge is 0.366 e. The number of halogens is 1. The highest BCUT2D eigenvalue weighted by molar-refractivity contribution is 6.00. The summed E-state index contributed by atoms with van der Waals surface area (Å²) in [7, 11) is 0. The average molecular weight is 470 g/mol. The summed E-state index contributed by atoms with van der Waals surface area (Å²) >= 11 is 0. The molecule has 5 rings (SSSR count). The van der Waals surface area contributed by atoms with Crippen molar-refractivity contribution in [3.63, 3.8) is 0 Å². The first-order valence-corrected chi connectivity index (χ1v) is 11.3. The molecule has 2 aromatic heterocycles. The highest BCUT2D eigenvalue weighted by Gasteiger charge is 2.15. The Bertz CT molecular complexity index is 1380. The predicted octanol–water partition coefficient (Wildman–Crippen LogP) is 4.47. The van der Waals surface area contributed by atoms with E-state index in [1.54, 1.807) is 42.7 Å². The zero-order chi connectivity index (χ0) is 24.2. The minimum Gasteiger partial charge on any atom is -0.366 e. The van der Waals surface area contributed by atoms with E-state index in [9.17, 15) is 4.79 Å². The monoisotopic (exact) mass is 469 g/mol. The zero-order valence-corrected chi connectivity index (χ0v) is 18.9. The van der Waals surface area contributed by atoms with Crippen molar-refractivity contribution in [3.8, 4) is 11.1 Å². The number of nitrogens with zero attached hydrogens (tertiary/aromatic N) is 3. The molecule has 176 valence electrons. The van der Waals surface area contributed by atoms with Crippen LogP contribution < -0.4 is 21.3 Å². The van der Waals surface area contributed by atoms with E-state index in [0.717, 1.165) is 25.3 Å². The molecule has 35 heavy (non-hydrogen) atoms. The molecular formula is C26H24FN7O. The van der Waals surface area contributed by atoms with E-state index in [1.165, 1.54) is 12.1 Å². The standard InChI is InChI=1S/C26H24FN7O/c1-2-23(35)32-18-5-3-4-16(12-18)24-21(27)8-6-17-13-30-26(34-25(17)24)33-19-7-9-22(29-15-19)31-20-10-11-28-14-20/h2-9,12-13,15,20,28H,1,10-11,14H2,(H,29,31)(H,32,35)(H,30,33,34)/t20-/m1/s1. The van der Waals surface area contributed by atoms with Crippen LogP contribution in [-0.2, 0) is 4.79 Å². The number of carbonyl (C=O) groups excluding carboxylic acids is 1. The fraction of sp³-hybridized carbons (Fsp3) is 0.154. The molecule has 0 radical (unpaired) electrons. The molecular weight excluding hydrogens is 445 g/mol. The van der Waals surface area contributed by atoms with Crippen molar-refractivity contribution < 1.29 is 9.18 Å². The van der Waals surface area contributed by atoms with Crippen molar-refractivity contribution in [2.75, 3.05) is 29.0 Å². The van der Waals surface area contributed by atoms with E-state index < -0.39 is 5.82 Å². The molecule has 1 saturated heterocycles. The predicted molar refractivity (Wildman–Crippen MR) is 136 cm³/mol. The van der Waals surface area contributed by atoms with Crippen LogP contribution in [0.2, 0.25) is 0 Å². The molecule has 0 aliphatic carbocycles. The van der Waals surface area contributed by atoms with Crippen molar-refractivity contribution in [1.82, 2.24) is 20.3 Å². The summed E-state index contributed by atoms with van der Waals surface area (Å²) < 4.78 is 15.0. The lowest BCUT2D eigenvalue weighted by Gasteiger charge is -2.13. The maximum absolute atomic E-state index is 15.0. The van der Waals surface area contributed by atoms with Crippen LogP contribution in [0.1, 0.15) is 6.42 Å². The lowest BCUT2D eigenvalue weighted by atomic mass is 10.0. The Morgan fingerprint density at radius 3 is 2.80 bits per heavy atom. The second-order valence-corrected chi connectivity index (χ2v) is 8.22. The number of nitrogens with one attached hydrogen (secondary N) is 4. The minimum absolute atomic E-state index is 0.322. The number of carbonyl (C=O) groups is 1. The molecule has 2 aromatic carbocycles. The summed E-state index contributed by atoms with van der Waals surface area (Å²) in [6, 6.07) is 14.1. The van der Waals surface area contributed by atoms with E-state index in [-0.39, 0.29) is 5.91 Å². The third-order valence-electron chi connectivity index (χ3n) is 5.74. The SMILES string of the molecule is C=CC(=O)Nc1cccc(-c2c(F)ccc3cnc(Nc4ccc(N[C@@H]5CCNC5)nc4)nc23)c1. The van der Waals surface area contributed by atoms with E-state index in [1.807, 2.05) is 12.1 Å². The van der Waals surface area contributed by atoms with Gasteiger partial charge in [-0.25, -0.2) is 19.3 Å². The fourth-order valence-electron chi connectivity index (χ4n) is 4.02. The number of benzene rings is 2. The highest BCUT2D eigenvalue weighted by atomic mass is 19.1. The van der Waals surface area contributed by atoms with Crippen molar-refractivity contribution >= 4 is 40.0 Å². The van der Waals surface area contributed by atoms with Gasteiger partial charge in [0.05, 0.1) is 17.4 Å². The lowest BCUT2D eigenvalue weighted by molar-refractivity contribution is -0.111. The van der Waals surface area contributed by atoms with Gasteiger partial charge in [0.1, 0.15) is 11.6 Å². The Hall–Kier alpha value is -4.37. The Balaban J connectivity index is 1.43. The van der Waals surface area contributed by atoms with Crippen LogP contribution in [0.25, 0.3) is 22.0 Å². The van der Waals surface area contributed by atoms with Gasteiger partial charge in [0, 0.05) is 35.4 Å². The van der Waals surface area contributed by atoms with Crippen molar-refractivity contribution in [2.45, 2.75) is 12.5 Å². The molecule has 0 spiro atoms. The van der Waals surface area contributed by atoms with Gasteiger partial charge in [-0.3, -0.25) is 4.79 Å². The molecule has 1 aliphatic rings. The van der Waals surface area contributed by atoms with Gasteiger partial charge >= 0.3 is 0 Å². The van der Waals surface area contributed by atoms with E-state index in [4.69, 9.17) is 0 Å². The van der Waals surface area contributed by atoms with Crippen LogP contribution in [0.4, 0.5) is 27.5 Å². The summed E-state index contributed by atoms with van der Waals surface area (Å²) in [4.78, 5) is 25.1. The van der Waals surface area contributed by atoms with Crippen LogP contribution in [0.5, 0.6) is 0 Å². The van der Waals surface area contributed by atoms with Gasteiger partial charge in [0.25, 0.3) is 0 Å². The Morgan fingerprint density at radius 1 is 1.11 bits per heavy atom. The maximum atomic E-state index is 15.0. The van der Waals surface area contributed by atoms with E-state index in [0.29, 0.717) is 45.4 Å². The van der Waals surface area contributed by atoms with E-state index in [2.05, 4.69) is 42.8 Å². The van der Waals surface area contributed by atoms with Crippen molar-refractivity contribution in [1.29, 1.82) is 0 Å². The molecule has 9 heteroatoms. The van der Waals surface area contributed by atoms with E-state index >= 15 is 4.39 Å². The van der Waals surface area contributed by atoms with Crippen LogP contribution in [0, 0.1) is 5.82 Å². The Morgan fingerprint density at radius 2 is 2.03 bits per heavy atom. The molecule has 0 bridgehead atoms. The summed E-state index contributed by atoms with van der Waals surface area (Å²) in [5.74, 6) is 0.358. The Labute approximate surface area is 201 Å². The van der Waals surface area contributed by atoms with Crippen molar-refractivity contribution in [2.24, 2.45) is 0 Å². The van der Waals surface area contributed by atoms with Gasteiger partial charge in [-0.2, -0.15) is 0 Å². The zero-order valence-electron chi connectivity index (χ0n) is 18.9. The van der Waals surface area contributed by atoms with Crippen LogP contribution in [0.3, 0.4) is 0 Å². The van der Waals surface area contributed by atoms with Gasteiger partial charge in [0.15, 0.2) is 0 Å². The number of rotatable bonds is 7. The van der Waals surface area contributed by atoms with Crippen LogP contribution in [-0.4, -0.2) is 40.0 Å². The lowest BCUT2D eigenvalue weighted by Crippen LogP contribution is -2.22. The minimum atomic E-state index is -0.423. The number of hydrogen-bond acceptors (Lipinski definition) is 7. The van der Waals surface area contributed by atoms with Gasteiger partial charge in [-0.15, -0.1) is 0 Å². The number of pyridine rings is 1. The molecule has 4 N–H and O–H groups in total. The smallest absolute Gasteiger partial charge is 0.247 e. The molecule has 8 nitrogen and oxygen atoms in total. The quantitative estimate of drug-likeness (QED) is 0.296. The first-order valence-electron chi connectivity index (χ1n) is 11.3. The van der Waals surface area contributed by atoms with Gasteiger partial charge in [-0.05, 0) is 61.0 Å². The number of hydrogen-bond donors (Lipinski definition) is 4. The number of amides is 1. The molecule has 1 aliphatic heterocycles. The summed E-state index contributed by atoms with van der Waals surface area (Å²) in [6.45, 7) is 5.39. The summed E-state index contributed by atoms with van der Waals surface area (Å²) in [6.07, 6.45) is 5.60. The molecule has 1 amide bonds. The summed E-state index contributed by atoms with van der Waals surface area (Å²) in [5, 5.41) is 13.3. The van der Waals surface area contributed by atoms with Crippen LogP contribution in [0.15, 0.2) is 73.6 Å². The normalized spacial score (nSPS) is 15.1. The second-order valence-electron chi connectivity index (χ2n) is 8.22. The molecule has 1 atom stereocenters. The molecule has 0 saturated carbocycles. The third kappa shape index (κ3) is 5.10. The first kappa shape index (κ1) is 22.4. The summed E-state index contributed by atoms with van der Waals surface area (Å²) in [5.41, 5.74) is 2.61. The Kier molecular flexibility index (Phi) is 6.32. The average Bonchev–Trinajstić information content (AvgIpc) is 3.38. The molecule has 0 unspecified atom stereocenters. The molecule has 4 aromatic rings. The van der Waals surface area contributed by atoms with Crippen molar-refractivity contribution in [3.05, 3.63) is 79.4 Å². The van der Waals surface area contributed by atoms with Gasteiger partial charge < -0.3 is 21.3 Å². The van der Waals surface area contributed by atoms with Gasteiger partial charge in [0.2, 0.25) is 11.9 Å².